The quantitative estimate of drug-likeness (QED) is 0.751. The lowest BCUT2D eigenvalue weighted by Crippen LogP contribution is -2.31. The Morgan fingerprint density at radius 1 is 1.14 bits per heavy atom. The predicted octanol–water partition coefficient (Wildman–Crippen LogP) is 3.42. The Labute approximate surface area is 161 Å². The monoisotopic (exact) mass is 416 g/mol. The van der Waals surface area contributed by atoms with E-state index in [1.54, 1.807) is 30.3 Å². The van der Waals surface area contributed by atoms with Crippen LogP contribution in [0, 0.1) is 0 Å². The van der Waals surface area contributed by atoms with E-state index >= 15 is 0 Å². The molecule has 0 saturated carbocycles. The van der Waals surface area contributed by atoms with Gasteiger partial charge in [-0.05, 0) is 37.3 Å². The molecule has 0 aliphatic heterocycles. The van der Waals surface area contributed by atoms with Gasteiger partial charge in [0.05, 0.1) is 10.6 Å². The largest absolute Gasteiger partial charge is 0.411 e. The molecular formula is C18H19F3N2O4S. The lowest BCUT2D eigenvalue weighted by atomic mass is 10.3. The third kappa shape index (κ3) is 5.70. The number of hydrogen-bond donors (Lipinski definition) is 1. The van der Waals surface area contributed by atoms with Crippen LogP contribution in [0.25, 0.3) is 0 Å². The van der Waals surface area contributed by atoms with Crippen molar-refractivity contribution in [3.8, 4) is 0 Å². The minimum Gasteiger partial charge on any atom is -0.359 e. The van der Waals surface area contributed by atoms with Gasteiger partial charge >= 0.3 is 6.18 Å². The fourth-order valence-electron chi connectivity index (χ4n) is 2.21. The molecule has 1 amide bonds. The number of amides is 1. The summed E-state index contributed by atoms with van der Waals surface area (Å²) in [5, 5.41) is 2.35. The number of carbonyl (C=O) groups excluding carboxylic acids is 1. The van der Waals surface area contributed by atoms with Crippen LogP contribution >= 0.6 is 0 Å². The zero-order chi connectivity index (χ0) is 20.9. The van der Waals surface area contributed by atoms with Crippen LogP contribution in [0.5, 0.6) is 0 Å². The number of hydrogen-bond acceptors (Lipinski definition) is 4. The summed E-state index contributed by atoms with van der Waals surface area (Å²) in [6.45, 7) is -0.386. The van der Waals surface area contributed by atoms with Crippen LogP contribution in [-0.2, 0) is 19.6 Å². The Bertz CT molecular complexity index is 918. The molecule has 2 aromatic rings. The molecule has 2 aromatic carbocycles. The van der Waals surface area contributed by atoms with Gasteiger partial charge in [0, 0.05) is 12.7 Å². The van der Waals surface area contributed by atoms with Crippen molar-refractivity contribution in [1.82, 2.24) is 0 Å². The number of para-hydroxylation sites is 1. The normalized spacial score (nSPS) is 13.0. The number of ether oxygens (including phenoxy) is 1. The number of anilines is 2. The van der Waals surface area contributed by atoms with Crippen molar-refractivity contribution >= 4 is 27.3 Å². The van der Waals surface area contributed by atoms with Gasteiger partial charge in [0.25, 0.3) is 15.9 Å². The Morgan fingerprint density at radius 2 is 1.79 bits per heavy atom. The van der Waals surface area contributed by atoms with Crippen molar-refractivity contribution in [1.29, 1.82) is 0 Å². The molecule has 0 spiro atoms. The van der Waals surface area contributed by atoms with Gasteiger partial charge in [-0.1, -0.05) is 24.3 Å². The van der Waals surface area contributed by atoms with E-state index in [9.17, 15) is 26.4 Å². The average Bonchev–Trinajstić information content (AvgIpc) is 2.65. The number of nitrogens with zero attached hydrogens (tertiary/aromatic N) is 1. The molecule has 0 saturated heterocycles. The molecule has 0 fully saturated rings. The summed E-state index contributed by atoms with van der Waals surface area (Å²) < 4.78 is 67.7. The van der Waals surface area contributed by atoms with Crippen LogP contribution in [-0.4, -0.2) is 40.3 Å². The summed E-state index contributed by atoms with van der Waals surface area (Å²) in [5.41, 5.74) is 0.570. The van der Waals surface area contributed by atoms with Crippen LogP contribution in [0.4, 0.5) is 24.5 Å². The molecule has 1 atom stereocenters. The lowest BCUT2D eigenvalue weighted by molar-refractivity contribution is -0.184. The van der Waals surface area contributed by atoms with Crippen molar-refractivity contribution in [2.45, 2.75) is 24.1 Å². The first-order valence-corrected chi connectivity index (χ1v) is 9.58. The molecule has 6 nitrogen and oxygen atoms in total. The van der Waals surface area contributed by atoms with Gasteiger partial charge in [0.2, 0.25) is 0 Å². The van der Waals surface area contributed by atoms with Crippen LogP contribution < -0.4 is 9.62 Å². The number of rotatable bonds is 7. The maximum absolute atomic E-state index is 12.8. The van der Waals surface area contributed by atoms with Crippen LogP contribution in [0.15, 0.2) is 59.5 Å². The number of nitrogens with one attached hydrogen (secondary N) is 1. The molecule has 28 heavy (non-hydrogen) atoms. The number of carbonyl (C=O) groups is 1. The maximum atomic E-state index is 12.8. The van der Waals surface area contributed by atoms with Gasteiger partial charge in [-0.3, -0.25) is 9.10 Å². The van der Waals surface area contributed by atoms with Gasteiger partial charge in [-0.2, -0.15) is 13.2 Å². The molecule has 0 unspecified atom stereocenters. The predicted molar refractivity (Wildman–Crippen MR) is 98.6 cm³/mol. The maximum Gasteiger partial charge on any atom is 0.411 e. The van der Waals surface area contributed by atoms with Crippen molar-refractivity contribution in [3.05, 3.63) is 54.6 Å². The van der Waals surface area contributed by atoms with E-state index in [1.165, 1.54) is 38.2 Å². The summed E-state index contributed by atoms with van der Waals surface area (Å²) >= 11 is 0. The Morgan fingerprint density at radius 3 is 2.39 bits per heavy atom. The van der Waals surface area contributed by atoms with Gasteiger partial charge in [0.1, 0.15) is 12.7 Å². The average molecular weight is 416 g/mol. The van der Waals surface area contributed by atoms with Crippen LogP contribution in [0.2, 0.25) is 0 Å². The summed E-state index contributed by atoms with van der Waals surface area (Å²) in [6.07, 6.45) is -5.92. The van der Waals surface area contributed by atoms with E-state index in [4.69, 9.17) is 0 Å². The Hall–Kier alpha value is -2.59. The second-order valence-electron chi connectivity index (χ2n) is 5.89. The molecule has 0 radical (unpaired) electrons. The highest BCUT2D eigenvalue weighted by Crippen LogP contribution is 2.24. The molecule has 0 bridgehead atoms. The van der Waals surface area contributed by atoms with E-state index in [0.29, 0.717) is 5.69 Å². The van der Waals surface area contributed by atoms with Crippen molar-refractivity contribution < 1.29 is 31.1 Å². The van der Waals surface area contributed by atoms with Crippen molar-refractivity contribution in [2.24, 2.45) is 0 Å². The van der Waals surface area contributed by atoms with E-state index in [0.717, 1.165) is 4.31 Å². The number of sulfonamides is 1. The molecule has 2 rings (SSSR count). The molecule has 0 aromatic heterocycles. The summed E-state index contributed by atoms with van der Waals surface area (Å²) in [6, 6.07) is 13.8. The highest BCUT2D eigenvalue weighted by atomic mass is 32.2. The molecule has 0 aliphatic carbocycles. The third-order valence-corrected chi connectivity index (χ3v) is 5.53. The first-order chi connectivity index (χ1) is 13.0. The third-order valence-electron chi connectivity index (χ3n) is 3.75. The standard InChI is InChI=1S/C18H19F3N2O4S/c1-13(27-12-18(19,20)21)17(24)22-14-7-6-10-16(11-14)28(25,26)23(2)15-8-4-3-5-9-15/h3-11,13H,12H2,1-2H3,(H,22,24)/t13-/m1/s1. The van der Waals surface area contributed by atoms with Crippen LogP contribution in [0.3, 0.4) is 0 Å². The fourth-order valence-corrected chi connectivity index (χ4v) is 3.45. The first-order valence-electron chi connectivity index (χ1n) is 8.14. The Balaban J connectivity index is 2.14. The molecular weight excluding hydrogens is 397 g/mol. The van der Waals surface area contributed by atoms with Gasteiger partial charge in [-0.25, -0.2) is 8.42 Å². The zero-order valence-electron chi connectivity index (χ0n) is 15.1. The van der Waals surface area contributed by atoms with E-state index in [1.807, 2.05) is 0 Å². The fraction of sp³-hybridized carbons (Fsp3) is 0.278. The second-order valence-corrected chi connectivity index (χ2v) is 7.86. The minimum atomic E-state index is -4.55. The number of alkyl halides is 3. The topological polar surface area (TPSA) is 75.7 Å². The number of halogens is 3. The highest BCUT2D eigenvalue weighted by Gasteiger charge is 2.30. The van der Waals surface area contributed by atoms with Crippen molar-refractivity contribution in [3.63, 3.8) is 0 Å². The highest BCUT2D eigenvalue weighted by molar-refractivity contribution is 7.92. The van der Waals surface area contributed by atoms with Crippen LogP contribution in [0.1, 0.15) is 6.92 Å². The first kappa shape index (κ1) is 21.7. The van der Waals surface area contributed by atoms with Gasteiger partial charge in [0.15, 0.2) is 0 Å². The zero-order valence-corrected chi connectivity index (χ0v) is 15.9. The second kappa shape index (κ2) is 8.61. The molecule has 0 heterocycles. The molecule has 1 N–H and O–H groups in total. The van der Waals surface area contributed by atoms with E-state index in [2.05, 4.69) is 10.1 Å². The molecule has 152 valence electrons. The minimum absolute atomic E-state index is 0.0829. The van der Waals surface area contributed by atoms with E-state index < -0.39 is 34.8 Å². The Kier molecular flexibility index (Phi) is 6.68. The SMILES string of the molecule is C[C@@H](OCC(F)(F)F)C(=O)Nc1cccc(S(=O)(=O)N(C)c2ccccc2)c1. The van der Waals surface area contributed by atoms with Gasteiger partial charge < -0.3 is 10.1 Å². The van der Waals surface area contributed by atoms with E-state index in [-0.39, 0.29) is 10.6 Å². The summed E-state index contributed by atoms with van der Waals surface area (Å²) in [5.74, 6) is -0.824. The van der Waals surface area contributed by atoms with Gasteiger partial charge in [-0.15, -0.1) is 0 Å². The number of benzene rings is 2. The smallest absolute Gasteiger partial charge is 0.359 e. The summed E-state index contributed by atoms with van der Waals surface area (Å²) in [4.78, 5) is 11.9. The molecule has 10 heteroatoms. The lowest BCUT2D eigenvalue weighted by Gasteiger charge is -2.20. The molecule has 0 aliphatic rings. The summed E-state index contributed by atoms with van der Waals surface area (Å²) in [7, 11) is -2.51. The van der Waals surface area contributed by atoms with Crippen molar-refractivity contribution in [2.75, 3.05) is 23.3 Å².